The quantitative estimate of drug-likeness (QED) is 0.231. The fourth-order valence-electron chi connectivity index (χ4n) is 1.80. The first-order valence-electron chi connectivity index (χ1n) is 4.33. The zero-order chi connectivity index (χ0) is 12.3. The summed E-state index contributed by atoms with van der Waals surface area (Å²) in [7, 11) is 0. The van der Waals surface area contributed by atoms with Gasteiger partial charge in [0.15, 0.2) is 12.2 Å². The highest BCUT2D eigenvalue weighted by atomic mass is 16.9. The molecule has 0 bridgehead atoms. The maximum Gasteiger partial charge on any atom is 0.514 e. The number of fused-ring (bicyclic) bond motifs is 1. The Morgan fingerprint density at radius 2 is 1.19 bits per heavy atom. The average molecular weight is 238 g/mol. The van der Waals surface area contributed by atoms with Gasteiger partial charge in [-0.05, 0) is 0 Å². The summed E-state index contributed by atoms with van der Waals surface area (Å²) in [6, 6.07) is 0. The molecule has 2 fully saturated rings. The van der Waals surface area contributed by atoms with E-state index in [1.165, 1.54) is 0 Å². The number of aliphatic hydroxyl groups is 6. The Hall–Kier alpha value is -0.970. The van der Waals surface area contributed by atoms with Crippen LogP contribution in [0.3, 0.4) is 0 Å². The van der Waals surface area contributed by atoms with Crippen LogP contribution < -0.4 is 0 Å². The van der Waals surface area contributed by atoms with Gasteiger partial charge in [-0.25, -0.2) is 4.79 Å². The van der Waals surface area contributed by atoms with Crippen LogP contribution >= 0.6 is 0 Å². The number of hydrogen-bond donors (Lipinski definition) is 6. The number of carbonyl (C=O) groups excluding carboxylic acids is 1. The molecule has 0 aromatic carbocycles. The first-order valence-corrected chi connectivity index (χ1v) is 4.33. The molecule has 0 spiro atoms. The summed E-state index contributed by atoms with van der Waals surface area (Å²) in [5.74, 6) is -6.08. The molecule has 9 nitrogen and oxygen atoms in total. The van der Waals surface area contributed by atoms with E-state index in [2.05, 4.69) is 9.47 Å². The minimum atomic E-state index is -3.04. The first-order chi connectivity index (χ1) is 7.24. The maximum atomic E-state index is 10.8. The van der Waals surface area contributed by atoms with Gasteiger partial charge in [-0.3, -0.25) is 0 Å². The Bertz CT molecular complexity index is 302. The van der Waals surface area contributed by atoms with Crippen LogP contribution in [0.5, 0.6) is 0 Å². The van der Waals surface area contributed by atoms with Crippen LogP contribution in [-0.2, 0) is 9.47 Å². The summed E-state index contributed by atoms with van der Waals surface area (Å²) in [5, 5.41) is 56.6. The Morgan fingerprint density at radius 1 is 0.875 bits per heavy atom. The van der Waals surface area contributed by atoms with E-state index in [0.29, 0.717) is 0 Å². The van der Waals surface area contributed by atoms with Gasteiger partial charge in [-0.15, -0.1) is 0 Å². The van der Waals surface area contributed by atoms with Crippen molar-refractivity contribution in [2.24, 2.45) is 0 Å². The second-order valence-electron chi connectivity index (χ2n) is 3.72. The normalized spacial score (nSPS) is 56.5. The molecule has 2 aliphatic rings. The monoisotopic (exact) mass is 238 g/mol. The number of ether oxygens (including phenoxy) is 2. The highest BCUT2D eigenvalue weighted by Gasteiger charge is 2.76. The molecule has 9 heteroatoms. The lowest BCUT2D eigenvalue weighted by Crippen LogP contribution is -2.76. The third-order valence-electron chi connectivity index (χ3n) is 2.79. The third kappa shape index (κ3) is 1.07. The lowest BCUT2D eigenvalue weighted by atomic mass is 9.79. The van der Waals surface area contributed by atoms with Crippen molar-refractivity contribution in [3.63, 3.8) is 0 Å². The Morgan fingerprint density at radius 3 is 1.50 bits per heavy atom. The van der Waals surface area contributed by atoms with E-state index < -0.39 is 42.1 Å². The molecule has 6 N–H and O–H groups in total. The molecule has 1 heterocycles. The van der Waals surface area contributed by atoms with Gasteiger partial charge in [0.05, 0.1) is 0 Å². The molecule has 1 aliphatic heterocycles. The molecule has 1 aliphatic carbocycles. The summed E-state index contributed by atoms with van der Waals surface area (Å²) in [6.07, 6.45) is -10.1. The van der Waals surface area contributed by atoms with Crippen molar-refractivity contribution in [3.8, 4) is 0 Å². The molecule has 0 unspecified atom stereocenters. The minimum absolute atomic E-state index is 1.55. The average Bonchev–Trinajstić information content (AvgIpc) is 2.46. The summed E-state index contributed by atoms with van der Waals surface area (Å²) in [5.41, 5.74) is 0. The van der Waals surface area contributed by atoms with E-state index in [1.807, 2.05) is 0 Å². The van der Waals surface area contributed by atoms with Crippen molar-refractivity contribution in [2.45, 2.75) is 36.0 Å². The summed E-state index contributed by atoms with van der Waals surface area (Å²) >= 11 is 0. The number of rotatable bonds is 0. The number of carbonyl (C=O) groups is 1. The summed E-state index contributed by atoms with van der Waals surface area (Å²) in [4.78, 5) is 10.8. The largest absolute Gasteiger partial charge is 0.514 e. The molecule has 92 valence electrons. The summed E-state index contributed by atoms with van der Waals surface area (Å²) < 4.78 is 8.24. The second-order valence-corrected chi connectivity index (χ2v) is 3.72. The van der Waals surface area contributed by atoms with Crippen LogP contribution in [0.15, 0.2) is 0 Å². The molecule has 16 heavy (non-hydrogen) atoms. The SMILES string of the molecule is O=C1O[C@@]2(O)[C@@H](O)[C@H](O)[C@@H](O)[C@@H](O)[C@@]2(O)O1. The number of hydrogen-bond acceptors (Lipinski definition) is 9. The molecule has 0 aromatic heterocycles. The second kappa shape index (κ2) is 3.03. The molecular formula is C7H10O9. The standard InChI is InChI=1S/C7H10O9/c8-1-2(9)4(11)7(14)6(13,3(1)10)15-5(12)16-7/h1-4,8-11,13-14H/t1-,2-,3-,4+,6-,7+/m1/s1. The highest BCUT2D eigenvalue weighted by Crippen LogP contribution is 2.44. The molecule has 1 saturated carbocycles. The highest BCUT2D eigenvalue weighted by molar-refractivity contribution is 5.64. The topological polar surface area (TPSA) is 157 Å². The molecular weight excluding hydrogens is 228 g/mol. The van der Waals surface area contributed by atoms with Crippen LogP contribution in [0.25, 0.3) is 0 Å². The molecule has 6 atom stereocenters. The lowest BCUT2D eigenvalue weighted by Gasteiger charge is -2.46. The molecule has 0 aromatic rings. The molecule has 2 rings (SSSR count). The van der Waals surface area contributed by atoms with Crippen molar-refractivity contribution in [1.29, 1.82) is 0 Å². The van der Waals surface area contributed by atoms with Crippen molar-refractivity contribution >= 4 is 6.16 Å². The fourth-order valence-corrected chi connectivity index (χ4v) is 1.80. The smallest absolute Gasteiger partial charge is 0.391 e. The van der Waals surface area contributed by atoms with Gasteiger partial charge in [-0.2, -0.15) is 0 Å². The predicted molar refractivity (Wildman–Crippen MR) is 41.5 cm³/mol. The van der Waals surface area contributed by atoms with Crippen LogP contribution in [0.2, 0.25) is 0 Å². The fraction of sp³-hybridized carbons (Fsp3) is 0.857. The van der Waals surface area contributed by atoms with Crippen LogP contribution in [0.1, 0.15) is 0 Å². The van der Waals surface area contributed by atoms with E-state index in [9.17, 15) is 35.4 Å². The van der Waals surface area contributed by atoms with Gasteiger partial charge in [-0.1, -0.05) is 0 Å². The van der Waals surface area contributed by atoms with Crippen LogP contribution in [-0.4, -0.2) is 72.8 Å². The van der Waals surface area contributed by atoms with Crippen LogP contribution in [0.4, 0.5) is 4.79 Å². The predicted octanol–water partition coefficient (Wildman–Crippen LogP) is -4.01. The van der Waals surface area contributed by atoms with E-state index in [-0.39, 0.29) is 0 Å². The molecule has 0 amide bonds. The van der Waals surface area contributed by atoms with Crippen molar-refractivity contribution in [3.05, 3.63) is 0 Å². The Balaban J connectivity index is 2.48. The zero-order valence-corrected chi connectivity index (χ0v) is 7.72. The lowest BCUT2D eigenvalue weighted by molar-refractivity contribution is -0.400. The van der Waals surface area contributed by atoms with Gasteiger partial charge >= 0.3 is 17.7 Å². The van der Waals surface area contributed by atoms with Gasteiger partial charge in [0.25, 0.3) is 0 Å². The van der Waals surface area contributed by atoms with Crippen LogP contribution in [0, 0.1) is 0 Å². The van der Waals surface area contributed by atoms with Gasteiger partial charge in [0.2, 0.25) is 0 Å². The van der Waals surface area contributed by atoms with Crippen molar-refractivity contribution < 1.29 is 44.9 Å². The van der Waals surface area contributed by atoms with E-state index in [0.717, 1.165) is 0 Å². The van der Waals surface area contributed by atoms with Gasteiger partial charge in [0, 0.05) is 0 Å². The van der Waals surface area contributed by atoms with E-state index in [4.69, 9.17) is 0 Å². The van der Waals surface area contributed by atoms with Gasteiger partial charge in [0.1, 0.15) is 12.2 Å². The molecule has 0 radical (unpaired) electrons. The van der Waals surface area contributed by atoms with Crippen molar-refractivity contribution in [1.82, 2.24) is 0 Å². The molecule has 1 saturated heterocycles. The minimum Gasteiger partial charge on any atom is -0.391 e. The summed E-state index contributed by atoms with van der Waals surface area (Å²) in [6.45, 7) is 0. The first kappa shape index (κ1) is 11.5. The van der Waals surface area contributed by atoms with Crippen molar-refractivity contribution in [2.75, 3.05) is 0 Å². The Labute approximate surface area is 88.1 Å². The van der Waals surface area contributed by atoms with E-state index >= 15 is 0 Å². The zero-order valence-electron chi connectivity index (χ0n) is 7.72. The Kier molecular flexibility index (Phi) is 2.18. The maximum absolute atomic E-state index is 10.8. The van der Waals surface area contributed by atoms with Gasteiger partial charge < -0.3 is 40.1 Å². The third-order valence-corrected chi connectivity index (χ3v) is 2.79. The number of aliphatic hydroxyl groups excluding tert-OH is 4. The van der Waals surface area contributed by atoms with E-state index in [1.54, 1.807) is 0 Å².